The fourth-order valence-corrected chi connectivity index (χ4v) is 2.61. The number of ether oxygens (including phenoxy) is 1. The van der Waals surface area contributed by atoms with Gasteiger partial charge >= 0.3 is 5.97 Å². The molecule has 0 fully saturated rings. The van der Waals surface area contributed by atoms with Gasteiger partial charge in [0.2, 0.25) is 0 Å². The van der Waals surface area contributed by atoms with Gasteiger partial charge in [-0.25, -0.2) is 0 Å². The summed E-state index contributed by atoms with van der Waals surface area (Å²) in [7, 11) is 0. The number of aliphatic carboxylic acids is 1. The molecule has 0 aliphatic rings. The lowest BCUT2D eigenvalue weighted by Crippen LogP contribution is -2.09. The first-order chi connectivity index (χ1) is 10.3. The van der Waals surface area contributed by atoms with Crippen molar-refractivity contribution in [2.75, 3.05) is 6.61 Å². The molecule has 0 aliphatic carbocycles. The number of rotatable bonds is 9. The van der Waals surface area contributed by atoms with Crippen molar-refractivity contribution >= 4 is 5.97 Å². The van der Waals surface area contributed by atoms with E-state index in [1.807, 2.05) is 12.1 Å². The van der Waals surface area contributed by atoms with Gasteiger partial charge in [-0.15, -0.1) is 0 Å². The summed E-state index contributed by atoms with van der Waals surface area (Å²) in [4.78, 5) is 11.1. The lowest BCUT2D eigenvalue weighted by Gasteiger charge is -2.20. The highest BCUT2D eigenvalue weighted by Gasteiger charge is 2.18. The second-order valence-electron chi connectivity index (χ2n) is 6.74. The summed E-state index contributed by atoms with van der Waals surface area (Å²) in [5.74, 6) is 1.12. The van der Waals surface area contributed by atoms with Gasteiger partial charge in [0.25, 0.3) is 0 Å². The van der Waals surface area contributed by atoms with Crippen molar-refractivity contribution in [3.05, 3.63) is 29.3 Å². The molecule has 1 unspecified atom stereocenters. The lowest BCUT2D eigenvalue weighted by molar-refractivity contribution is -0.137. The van der Waals surface area contributed by atoms with E-state index in [0.717, 1.165) is 24.2 Å². The van der Waals surface area contributed by atoms with Crippen LogP contribution in [0.4, 0.5) is 0 Å². The Balaban J connectivity index is 3.05. The van der Waals surface area contributed by atoms with Crippen molar-refractivity contribution < 1.29 is 14.6 Å². The Morgan fingerprint density at radius 1 is 1.23 bits per heavy atom. The summed E-state index contributed by atoms with van der Waals surface area (Å²) in [6.45, 7) is 11.4. The van der Waals surface area contributed by atoms with E-state index in [1.54, 1.807) is 0 Å². The van der Waals surface area contributed by atoms with Gasteiger partial charge in [-0.2, -0.15) is 0 Å². The van der Waals surface area contributed by atoms with Gasteiger partial charge < -0.3 is 9.84 Å². The molecule has 1 atom stereocenters. The second kappa shape index (κ2) is 8.82. The van der Waals surface area contributed by atoms with Crippen molar-refractivity contribution in [2.24, 2.45) is 5.92 Å². The van der Waals surface area contributed by atoms with Crippen molar-refractivity contribution in [2.45, 2.75) is 65.7 Å². The summed E-state index contributed by atoms with van der Waals surface area (Å²) in [6, 6.07) is 6.19. The normalized spacial score (nSPS) is 12.7. The zero-order valence-corrected chi connectivity index (χ0v) is 14.6. The minimum atomic E-state index is -0.732. The lowest BCUT2D eigenvalue weighted by atomic mass is 9.88. The molecule has 0 saturated heterocycles. The van der Waals surface area contributed by atoms with Gasteiger partial charge in [0.05, 0.1) is 13.0 Å². The summed E-state index contributed by atoms with van der Waals surface area (Å²) in [6.07, 6.45) is 2.08. The van der Waals surface area contributed by atoms with Gasteiger partial charge in [-0.1, -0.05) is 53.2 Å². The average Bonchev–Trinajstić information content (AvgIpc) is 2.43. The van der Waals surface area contributed by atoms with E-state index in [1.165, 1.54) is 5.56 Å². The van der Waals surface area contributed by atoms with Gasteiger partial charge in [0, 0.05) is 0 Å². The molecule has 0 heterocycles. The van der Waals surface area contributed by atoms with Crippen molar-refractivity contribution in [1.82, 2.24) is 0 Å². The molecule has 0 saturated carbocycles. The fourth-order valence-electron chi connectivity index (χ4n) is 2.61. The summed E-state index contributed by atoms with van der Waals surface area (Å²) in [5.41, 5.74) is 2.29. The van der Waals surface area contributed by atoms with Crippen LogP contribution in [0.3, 0.4) is 0 Å². The molecule has 22 heavy (non-hydrogen) atoms. The van der Waals surface area contributed by atoms with E-state index in [2.05, 4.69) is 40.7 Å². The maximum Gasteiger partial charge on any atom is 0.303 e. The van der Waals surface area contributed by atoms with E-state index < -0.39 is 5.97 Å². The molecule has 3 heteroatoms. The Morgan fingerprint density at radius 2 is 1.91 bits per heavy atom. The van der Waals surface area contributed by atoms with Crippen molar-refractivity contribution in [3.8, 4) is 5.75 Å². The minimum absolute atomic E-state index is 0.0825. The van der Waals surface area contributed by atoms with Crippen LogP contribution in [0.1, 0.15) is 76.8 Å². The highest BCUT2D eigenvalue weighted by atomic mass is 16.5. The van der Waals surface area contributed by atoms with Crippen LogP contribution in [0.25, 0.3) is 0 Å². The standard InChI is InChI=1S/C19H30O3/c1-6-7-15(11-19(20)21)16-8-9-18(22-12-13(2)3)17(10-16)14(4)5/h8-10,13-15H,6-7,11-12H2,1-5H3,(H,20,21). The van der Waals surface area contributed by atoms with Gasteiger partial charge in [-0.3, -0.25) is 4.79 Å². The molecule has 1 aromatic rings. The molecule has 124 valence electrons. The van der Waals surface area contributed by atoms with Crippen molar-refractivity contribution in [1.29, 1.82) is 0 Å². The fraction of sp³-hybridized carbons (Fsp3) is 0.632. The summed E-state index contributed by atoms with van der Waals surface area (Å²) >= 11 is 0. The molecule has 0 radical (unpaired) electrons. The highest BCUT2D eigenvalue weighted by molar-refractivity contribution is 5.68. The molecular formula is C19H30O3. The predicted molar refractivity (Wildman–Crippen MR) is 90.8 cm³/mol. The number of carboxylic acids is 1. The Hall–Kier alpha value is -1.51. The highest BCUT2D eigenvalue weighted by Crippen LogP contribution is 2.33. The largest absolute Gasteiger partial charge is 0.493 e. The Morgan fingerprint density at radius 3 is 2.41 bits per heavy atom. The molecule has 1 aromatic carbocycles. The smallest absolute Gasteiger partial charge is 0.303 e. The Labute approximate surface area is 134 Å². The second-order valence-corrected chi connectivity index (χ2v) is 6.74. The Kier molecular flexibility index (Phi) is 7.43. The van der Waals surface area contributed by atoms with Crippen LogP contribution in [0.2, 0.25) is 0 Å². The van der Waals surface area contributed by atoms with Gasteiger partial charge in [-0.05, 0) is 41.4 Å². The quantitative estimate of drug-likeness (QED) is 0.681. The molecule has 0 amide bonds. The number of benzene rings is 1. The number of carboxylic acid groups (broad SMARTS) is 1. The maximum absolute atomic E-state index is 11.1. The minimum Gasteiger partial charge on any atom is -0.493 e. The van der Waals surface area contributed by atoms with E-state index in [0.29, 0.717) is 18.4 Å². The zero-order chi connectivity index (χ0) is 16.7. The molecule has 0 aliphatic heterocycles. The first-order valence-electron chi connectivity index (χ1n) is 8.33. The van der Waals surface area contributed by atoms with Gasteiger partial charge in [0.1, 0.15) is 5.75 Å². The topological polar surface area (TPSA) is 46.5 Å². The van der Waals surface area contributed by atoms with Crippen LogP contribution >= 0.6 is 0 Å². The third kappa shape index (κ3) is 5.70. The van der Waals surface area contributed by atoms with Crippen LogP contribution in [0.5, 0.6) is 5.75 Å². The SMILES string of the molecule is CCCC(CC(=O)O)c1ccc(OCC(C)C)c(C(C)C)c1. The summed E-state index contributed by atoms with van der Waals surface area (Å²) < 4.78 is 5.92. The molecule has 1 rings (SSSR count). The monoisotopic (exact) mass is 306 g/mol. The average molecular weight is 306 g/mol. The predicted octanol–water partition coefficient (Wildman–Crippen LogP) is 5.20. The van der Waals surface area contributed by atoms with Crippen LogP contribution in [0.15, 0.2) is 18.2 Å². The third-order valence-corrected chi connectivity index (χ3v) is 3.76. The molecule has 0 spiro atoms. The molecular weight excluding hydrogens is 276 g/mol. The number of carbonyl (C=O) groups is 1. The number of hydrogen-bond donors (Lipinski definition) is 1. The van der Waals surface area contributed by atoms with Crippen LogP contribution in [-0.4, -0.2) is 17.7 Å². The van der Waals surface area contributed by atoms with Crippen LogP contribution in [0, 0.1) is 5.92 Å². The zero-order valence-electron chi connectivity index (χ0n) is 14.6. The molecule has 0 aromatic heterocycles. The van der Waals surface area contributed by atoms with Crippen molar-refractivity contribution in [3.63, 3.8) is 0 Å². The van der Waals surface area contributed by atoms with E-state index >= 15 is 0 Å². The summed E-state index contributed by atoms with van der Waals surface area (Å²) in [5, 5.41) is 9.13. The van der Waals surface area contributed by atoms with E-state index in [-0.39, 0.29) is 12.3 Å². The molecule has 1 N–H and O–H groups in total. The van der Waals surface area contributed by atoms with E-state index in [9.17, 15) is 4.79 Å². The maximum atomic E-state index is 11.1. The number of hydrogen-bond acceptors (Lipinski definition) is 2. The Bertz CT molecular complexity index is 478. The molecule has 0 bridgehead atoms. The third-order valence-electron chi connectivity index (χ3n) is 3.76. The van der Waals surface area contributed by atoms with Gasteiger partial charge in [0.15, 0.2) is 0 Å². The molecule has 3 nitrogen and oxygen atoms in total. The first-order valence-corrected chi connectivity index (χ1v) is 8.33. The van der Waals surface area contributed by atoms with E-state index in [4.69, 9.17) is 9.84 Å². The van der Waals surface area contributed by atoms with Crippen LogP contribution in [-0.2, 0) is 4.79 Å². The van der Waals surface area contributed by atoms with Crippen LogP contribution < -0.4 is 4.74 Å². The first kappa shape index (κ1) is 18.5.